The molecule has 0 aliphatic heterocycles. The molecule has 2 rings (SSSR count). The van der Waals surface area contributed by atoms with Gasteiger partial charge < -0.3 is 19.2 Å². The van der Waals surface area contributed by atoms with Crippen molar-refractivity contribution in [2.45, 2.75) is 20.4 Å². The van der Waals surface area contributed by atoms with Gasteiger partial charge in [-0.2, -0.15) is 0 Å². The molecule has 0 spiro atoms. The first-order chi connectivity index (χ1) is 9.15. The monoisotopic (exact) mass is 261 g/mol. The van der Waals surface area contributed by atoms with Crippen molar-refractivity contribution >= 4 is 5.69 Å². The van der Waals surface area contributed by atoms with Gasteiger partial charge >= 0.3 is 0 Å². The fraction of sp³-hybridized carbons (Fsp3) is 0.333. The normalized spacial score (nSPS) is 10.3. The lowest BCUT2D eigenvalue weighted by atomic mass is 10.1. The second kappa shape index (κ2) is 5.69. The van der Waals surface area contributed by atoms with Gasteiger partial charge in [-0.05, 0) is 37.1 Å². The van der Waals surface area contributed by atoms with Gasteiger partial charge in [-0.1, -0.05) is 0 Å². The number of benzene rings is 1. The average molecular weight is 261 g/mol. The third kappa shape index (κ3) is 2.84. The molecule has 0 saturated carbocycles. The van der Waals surface area contributed by atoms with Crippen LogP contribution in [-0.4, -0.2) is 14.2 Å². The van der Waals surface area contributed by atoms with Crippen LogP contribution < -0.4 is 14.8 Å². The maximum absolute atomic E-state index is 5.41. The molecule has 0 saturated heterocycles. The standard InChI is InChI=1S/C15H19NO3/c1-10-5-6-19-15(10)9-16-12-8-14(18-4)13(17-3)7-11(12)2/h5-8,16H,9H2,1-4H3. The van der Waals surface area contributed by atoms with Gasteiger partial charge in [0.15, 0.2) is 11.5 Å². The van der Waals surface area contributed by atoms with Gasteiger partial charge in [0.05, 0.1) is 27.0 Å². The van der Waals surface area contributed by atoms with Gasteiger partial charge in [0.25, 0.3) is 0 Å². The van der Waals surface area contributed by atoms with Crippen LogP contribution in [0.3, 0.4) is 0 Å². The molecule has 0 bridgehead atoms. The van der Waals surface area contributed by atoms with E-state index >= 15 is 0 Å². The Morgan fingerprint density at radius 2 is 1.74 bits per heavy atom. The summed E-state index contributed by atoms with van der Waals surface area (Å²) in [4.78, 5) is 0. The fourth-order valence-corrected chi connectivity index (χ4v) is 1.93. The number of hydrogen-bond donors (Lipinski definition) is 1. The first kappa shape index (κ1) is 13.3. The Kier molecular flexibility index (Phi) is 4.00. The maximum Gasteiger partial charge on any atom is 0.162 e. The quantitative estimate of drug-likeness (QED) is 0.894. The zero-order chi connectivity index (χ0) is 13.8. The number of rotatable bonds is 5. The van der Waals surface area contributed by atoms with Crippen molar-refractivity contribution in [1.82, 2.24) is 0 Å². The number of aryl methyl sites for hydroxylation is 2. The van der Waals surface area contributed by atoms with Crippen LogP contribution in [0.5, 0.6) is 11.5 Å². The highest BCUT2D eigenvalue weighted by Gasteiger charge is 2.09. The number of hydrogen-bond acceptors (Lipinski definition) is 4. The first-order valence-electron chi connectivity index (χ1n) is 6.15. The summed E-state index contributed by atoms with van der Waals surface area (Å²) in [5, 5.41) is 3.35. The summed E-state index contributed by atoms with van der Waals surface area (Å²) in [6.45, 7) is 4.70. The van der Waals surface area contributed by atoms with Crippen LogP contribution >= 0.6 is 0 Å². The summed E-state index contributed by atoms with van der Waals surface area (Å²) in [7, 11) is 3.27. The van der Waals surface area contributed by atoms with E-state index in [9.17, 15) is 0 Å². The predicted molar refractivity (Wildman–Crippen MR) is 75.1 cm³/mol. The van der Waals surface area contributed by atoms with Crippen molar-refractivity contribution in [3.05, 3.63) is 41.3 Å². The van der Waals surface area contributed by atoms with Crippen LogP contribution in [0.1, 0.15) is 16.9 Å². The third-order valence-corrected chi connectivity index (χ3v) is 3.14. The number of nitrogens with one attached hydrogen (secondary N) is 1. The molecule has 2 aromatic rings. The van der Waals surface area contributed by atoms with Crippen LogP contribution in [0.2, 0.25) is 0 Å². The van der Waals surface area contributed by atoms with E-state index in [4.69, 9.17) is 13.9 Å². The molecule has 1 heterocycles. The van der Waals surface area contributed by atoms with Gasteiger partial charge in [0, 0.05) is 11.8 Å². The molecule has 0 atom stereocenters. The minimum absolute atomic E-state index is 0.648. The Balaban J connectivity index is 2.18. The van der Waals surface area contributed by atoms with E-state index in [1.165, 1.54) is 0 Å². The Morgan fingerprint density at radius 3 is 2.32 bits per heavy atom. The van der Waals surface area contributed by atoms with Gasteiger partial charge in [-0.3, -0.25) is 0 Å². The molecule has 1 aromatic heterocycles. The summed E-state index contributed by atoms with van der Waals surface area (Å²) < 4.78 is 16.0. The molecule has 1 N–H and O–H groups in total. The molecule has 1 aromatic carbocycles. The largest absolute Gasteiger partial charge is 0.493 e. The highest BCUT2D eigenvalue weighted by molar-refractivity contribution is 5.60. The Labute approximate surface area is 113 Å². The SMILES string of the molecule is COc1cc(C)c(NCc2occc2C)cc1OC. The van der Waals surface area contributed by atoms with Crippen molar-refractivity contribution in [1.29, 1.82) is 0 Å². The van der Waals surface area contributed by atoms with Crippen molar-refractivity contribution in [3.63, 3.8) is 0 Å². The molecule has 19 heavy (non-hydrogen) atoms. The fourth-order valence-electron chi connectivity index (χ4n) is 1.93. The summed E-state index contributed by atoms with van der Waals surface area (Å²) in [5.41, 5.74) is 3.25. The van der Waals surface area contributed by atoms with E-state index in [1.807, 2.05) is 32.0 Å². The highest BCUT2D eigenvalue weighted by Crippen LogP contribution is 2.33. The van der Waals surface area contributed by atoms with Crippen LogP contribution in [0.15, 0.2) is 28.9 Å². The van der Waals surface area contributed by atoms with Gasteiger partial charge in [0.1, 0.15) is 5.76 Å². The van der Waals surface area contributed by atoms with E-state index in [1.54, 1.807) is 20.5 Å². The Bertz CT molecular complexity index is 561. The van der Waals surface area contributed by atoms with E-state index in [0.717, 1.165) is 28.3 Å². The predicted octanol–water partition coefficient (Wildman–Crippen LogP) is 3.53. The molecule has 0 fully saturated rings. The molecular weight excluding hydrogens is 242 g/mol. The number of anilines is 1. The third-order valence-electron chi connectivity index (χ3n) is 3.14. The van der Waals surface area contributed by atoms with E-state index in [-0.39, 0.29) is 0 Å². The smallest absolute Gasteiger partial charge is 0.162 e. The Hall–Kier alpha value is -2.10. The second-order valence-electron chi connectivity index (χ2n) is 4.40. The molecule has 0 unspecified atom stereocenters. The first-order valence-corrected chi connectivity index (χ1v) is 6.15. The van der Waals surface area contributed by atoms with Crippen LogP contribution in [-0.2, 0) is 6.54 Å². The summed E-state index contributed by atoms with van der Waals surface area (Å²) in [5.74, 6) is 2.39. The van der Waals surface area contributed by atoms with Crippen LogP contribution in [0.4, 0.5) is 5.69 Å². The van der Waals surface area contributed by atoms with Crippen LogP contribution in [0.25, 0.3) is 0 Å². The summed E-state index contributed by atoms with van der Waals surface area (Å²) in [6, 6.07) is 5.85. The van der Waals surface area contributed by atoms with E-state index in [0.29, 0.717) is 12.3 Å². The molecule has 4 heteroatoms. The minimum Gasteiger partial charge on any atom is -0.493 e. The average Bonchev–Trinajstić information content (AvgIpc) is 2.82. The van der Waals surface area contributed by atoms with Gasteiger partial charge in [0.2, 0.25) is 0 Å². The summed E-state index contributed by atoms with van der Waals surface area (Å²) >= 11 is 0. The second-order valence-corrected chi connectivity index (χ2v) is 4.40. The molecule has 0 aliphatic rings. The molecule has 4 nitrogen and oxygen atoms in total. The van der Waals surface area contributed by atoms with Gasteiger partial charge in [-0.25, -0.2) is 0 Å². The molecule has 102 valence electrons. The van der Waals surface area contributed by atoms with Crippen molar-refractivity contribution in [3.8, 4) is 11.5 Å². The molecule has 0 aliphatic carbocycles. The zero-order valence-electron chi connectivity index (χ0n) is 11.7. The number of furan rings is 1. The number of ether oxygens (including phenoxy) is 2. The molecular formula is C15H19NO3. The zero-order valence-corrected chi connectivity index (χ0v) is 11.7. The number of methoxy groups -OCH3 is 2. The maximum atomic E-state index is 5.41. The Morgan fingerprint density at radius 1 is 1.05 bits per heavy atom. The van der Waals surface area contributed by atoms with Crippen LogP contribution in [0, 0.1) is 13.8 Å². The lowest BCUT2D eigenvalue weighted by Gasteiger charge is -2.14. The van der Waals surface area contributed by atoms with E-state index in [2.05, 4.69) is 5.32 Å². The van der Waals surface area contributed by atoms with Gasteiger partial charge in [-0.15, -0.1) is 0 Å². The molecule has 0 radical (unpaired) electrons. The van der Waals surface area contributed by atoms with E-state index < -0.39 is 0 Å². The highest BCUT2D eigenvalue weighted by atomic mass is 16.5. The lowest BCUT2D eigenvalue weighted by Crippen LogP contribution is -2.02. The van der Waals surface area contributed by atoms with Crippen molar-refractivity contribution in [2.24, 2.45) is 0 Å². The minimum atomic E-state index is 0.648. The van der Waals surface area contributed by atoms with Crippen molar-refractivity contribution in [2.75, 3.05) is 19.5 Å². The lowest BCUT2D eigenvalue weighted by molar-refractivity contribution is 0.355. The molecule has 0 amide bonds. The van der Waals surface area contributed by atoms with Crippen molar-refractivity contribution < 1.29 is 13.9 Å². The summed E-state index contributed by atoms with van der Waals surface area (Å²) in [6.07, 6.45) is 1.70. The topological polar surface area (TPSA) is 43.6 Å².